The molecule has 1 fully saturated rings. The number of anilines is 2. The first-order valence-corrected chi connectivity index (χ1v) is 10.1. The number of para-hydroxylation sites is 2. The maximum Gasteiger partial charge on any atom is 0.271 e. The third-order valence-electron chi connectivity index (χ3n) is 5.28. The minimum Gasteiger partial charge on any atom is -0.368 e. The van der Waals surface area contributed by atoms with Crippen LogP contribution >= 0.6 is 11.3 Å². The zero-order valence-corrected chi connectivity index (χ0v) is 15.9. The maximum absolute atomic E-state index is 13.2. The van der Waals surface area contributed by atoms with Gasteiger partial charge in [0.15, 0.2) is 4.96 Å². The van der Waals surface area contributed by atoms with Gasteiger partial charge in [0.1, 0.15) is 5.56 Å². The SMILES string of the molecule is Cc1cn2c(=O)c(C(=O)N3CCN(CC4CC4)c4ccccc43)cnc2s1. The van der Waals surface area contributed by atoms with Gasteiger partial charge in [-0.2, -0.15) is 0 Å². The lowest BCUT2D eigenvalue weighted by Gasteiger charge is -2.37. The van der Waals surface area contributed by atoms with Gasteiger partial charge in [-0.1, -0.05) is 12.1 Å². The van der Waals surface area contributed by atoms with Gasteiger partial charge >= 0.3 is 0 Å². The van der Waals surface area contributed by atoms with Crippen LogP contribution in [0.3, 0.4) is 0 Å². The Morgan fingerprint density at radius 3 is 2.78 bits per heavy atom. The van der Waals surface area contributed by atoms with Gasteiger partial charge in [0, 0.05) is 36.9 Å². The fourth-order valence-corrected chi connectivity index (χ4v) is 4.51. The molecule has 0 bridgehead atoms. The molecular weight excluding hydrogens is 360 g/mol. The number of benzene rings is 1. The van der Waals surface area contributed by atoms with Crippen molar-refractivity contribution in [1.29, 1.82) is 0 Å². The number of aromatic nitrogens is 2. The summed E-state index contributed by atoms with van der Waals surface area (Å²) >= 11 is 1.44. The summed E-state index contributed by atoms with van der Waals surface area (Å²) in [6, 6.07) is 7.97. The second kappa shape index (κ2) is 6.20. The minimum absolute atomic E-state index is 0.121. The Morgan fingerprint density at radius 2 is 2.00 bits per heavy atom. The lowest BCUT2D eigenvalue weighted by Crippen LogP contribution is -2.46. The van der Waals surface area contributed by atoms with Gasteiger partial charge in [0.25, 0.3) is 11.5 Å². The number of amides is 1. The van der Waals surface area contributed by atoms with E-state index in [4.69, 9.17) is 0 Å². The van der Waals surface area contributed by atoms with Crippen LogP contribution in [-0.4, -0.2) is 34.9 Å². The summed E-state index contributed by atoms with van der Waals surface area (Å²) in [7, 11) is 0. The summed E-state index contributed by atoms with van der Waals surface area (Å²) in [4.78, 5) is 36.1. The van der Waals surface area contributed by atoms with Crippen molar-refractivity contribution in [2.45, 2.75) is 19.8 Å². The average molecular weight is 380 g/mol. The van der Waals surface area contributed by atoms with E-state index in [2.05, 4.69) is 16.0 Å². The second-order valence-electron chi connectivity index (χ2n) is 7.31. The number of hydrogen-bond acceptors (Lipinski definition) is 5. The third-order valence-corrected chi connectivity index (χ3v) is 6.19. The van der Waals surface area contributed by atoms with Crippen molar-refractivity contribution < 1.29 is 4.79 Å². The standard InChI is InChI=1S/C20H20N4O2S/c1-13-11-24-19(26)15(10-21-20(24)27-13)18(25)23-9-8-22(12-14-6-7-14)16-4-2-3-5-17(16)23/h2-5,10-11,14H,6-9,12H2,1H3. The summed E-state index contributed by atoms with van der Waals surface area (Å²) < 4.78 is 1.47. The van der Waals surface area contributed by atoms with Crippen LogP contribution in [0.1, 0.15) is 28.1 Å². The van der Waals surface area contributed by atoms with E-state index in [1.165, 1.54) is 34.8 Å². The number of thiazole rings is 1. The number of nitrogens with zero attached hydrogens (tertiary/aromatic N) is 4. The number of rotatable bonds is 3. The molecule has 1 aromatic carbocycles. The van der Waals surface area contributed by atoms with E-state index < -0.39 is 0 Å². The molecule has 2 aromatic heterocycles. The van der Waals surface area contributed by atoms with Gasteiger partial charge in [-0.3, -0.25) is 14.0 Å². The van der Waals surface area contributed by atoms with Gasteiger partial charge in [0.05, 0.1) is 11.4 Å². The Bertz CT molecular complexity index is 1100. The molecule has 6 nitrogen and oxygen atoms in total. The molecule has 1 aliphatic heterocycles. The van der Waals surface area contributed by atoms with Gasteiger partial charge in [-0.25, -0.2) is 4.98 Å². The molecule has 0 radical (unpaired) electrons. The zero-order chi connectivity index (χ0) is 18.5. The van der Waals surface area contributed by atoms with Crippen molar-refractivity contribution in [3.63, 3.8) is 0 Å². The van der Waals surface area contributed by atoms with Crippen LogP contribution in [0.2, 0.25) is 0 Å². The summed E-state index contributed by atoms with van der Waals surface area (Å²) in [5.74, 6) is 0.502. The highest BCUT2D eigenvalue weighted by molar-refractivity contribution is 7.16. The van der Waals surface area contributed by atoms with Gasteiger partial charge in [0.2, 0.25) is 0 Å². The molecule has 138 valence electrons. The lowest BCUT2D eigenvalue weighted by molar-refractivity contribution is 0.0984. The Hall–Kier alpha value is -2.67. The van der Waals surface area contributed by atoms with Gasteiger partial charge in [-0.05, 0) is 37.8 Å². The summed E-state index contributed by atoms with van der Waals surface area (Å²) in [6.45, 7) is 4.33. The van der Waals surface area contributed by atoms with Crippen molar-refractivity contribution in [2.75, 3.05) is 29.4 Å². The van der Waals surface area contributed by atoms with E-state index in [0.29, 0.717) is 11.5 Å². The number of hydrogen-bond donors (Lipinski definition) is 0. The molecule has 2 aliphatic rings. The van der Waals surface area contributed by atoms with Crippen LogP contribution < -0.4 is 15.4 Å². The fraction of sp³-hybridized carbons (Fsp3) is 0.350. The first-order valence-electron chi connectivity index (χ1n) is 9.25. The Balaban J connectivity index is 1.53. The molecule has 1 aliphatic carbocycles. The van der Waals surface area contributed by atoms with Crippen LogP contribution in [0.5, 0.6) is 0 Å². The number of carbonyl (C=O) groups excluding carboxylic acids is 1. The maximum atomic E-state index is 13.2. The normalized spacial score (nSPS) is 16.6. The monoisotopic (exact) mass is 380 g/mol. The molecule has 0 N–H and O–H groups in total. The third kappa shape index (κ3) is 2.82. The molecule has 3 heterocycles. The molecule has 0 atom stereocenters. The second-order valence-corrected chi connectivity index (χ2v) is 8.52. The van der Waals surface area contributed by atoms with E-state index in [9.17, 15) is 9.59 Å². The van der Waals surface area contributed by atoms with E-state index in [-0.39, 0.29) is 17.0 Å². The first-order chi connectivity index (χ1) is 13.1. The predicted molar refractivity (Wildman–Crippen MR) is 107 cm³/mol. The highest BCUT2D eigenvalue weighted by Crippen LogP contribution is 2.37. The van der Waals surface area contributed by atoms with Crippen LogP contribution in [0.4, 0.5) is 11.4 Å². The highest BCUT2D eigenvalue weighted by atomic mass is 32.1. The molecule has 7 heteroatoms. The van der Waals surface area contributed by atoms with Gasteiger partial charge in [-0.15, -0.1) is 11.3 Å². The molecule has 5 rings (SSSR count). The van der Waals surface area contributed by atoms with Gasteiger partial charge < -0.3 is 9.80 Å². The molecule has 1 amide bonds. The largest absolute Gasteiger partial charge is 0.368 e. The molecule has 0 unspecified atom stereocenters. The Labute approximate surface area is 160 Å². The average Bonchev–Trinajstić information content (AvgIpc) is 3.40. The number of fused-ring (bicyclic) bond motifs is 2. The van der Waals surface area contributed by atoms with Crippen LogP contribution in [0.15, 0.2) is 41.5 Å². The van der Waals surface area contributed by atoms with Crippen molar-refractivity contribution in [3.05, 3.63) is 57.5 Å². The topological polar surface area (TPSA) is 57.9 Å². The van der Waals surface area contributed by atoms with E-state index in [1.54, 1.807) is 11.1 Å². The van der Waals surface area contributed by atoms with E-state index >= 15 is 0 Å². The molecular formula is C20H20N4O2S. The molecule has 1 saturated carbocycles. The highest BCUT2D eigenvalue weighted by Gasteiger charge is 2.32. The van der Waals surface area contributed by atoms with Crippen LogP contribution in [-0.2, 0) is 0 Å². The summed E-state index contributed by atoms with van der Waals surface area (Å²) in [5, 5.41) is 0. The van der Waals surface area contributed by atoms with Crippen molar-refractivity contribution in [1.82, 2.24) is 9.38 Å². The summed E-state index contributed by atoms with van der Waals surface area (Å²) in [6.07, 6.45) is 5.76. The minimum atomic E-state index is -0.299. The fourth-order valence-electron chi connectivity index (χ4n) is 3.72. The smallest absolute Gasteiger partial charge is 0.271 e. The predicted octanol–water partition coefficient (Wildman–Crippen LogP) is 2.94. The first kappa shape index (κ1) is 16.5. The number of carbonyl (C=O) groups is 1. The Kier molecular flexibility index (Phi) is 3.79. The molecule has 27 heavy (non-hydrogen) atoms. The molecule has 0 spiro atoms. The zero-order valence-electron chi connectivity index (χ0n) is 15.1. The van der Waals surface area contributed by atoms with Crippen molar-refractivity contribution in [2.24, 2.45) is 5.92 Å². The summed E-state index contributed by atoms with van der Waals surface area (Å²) in [5.41, 5.74) is 1.77. The van der Waals surface area contributed by atoms with E-state index in [1.807, 2.05) is 25.1 Å². The van der Waals surface area contributed by atoms with Crippen molar-refractivity contribution in [3.8, 4) is 0 Å². The molecule has 3 aromatic rings. The quantitative estimate of drug-likeness (QED) is 0.701. The number of aryl methyl sites for hydroxylation is 1. The Morgan fingerprint density at radius 1 is 1.22 bits per heavy atom. The van der Waals surface area contributed by atoms with Crippen LogP contribution in [0.25, 0.3) is 4.96 Å². The van der Waals surface area contributed by atoms with Crippen molar-refractivity contribution >= 4 is 33.6 Å². The molecule has 0 saturated heterocycles. The van der Waals surface area contributed by atoms with Crippen LogP contribution in [0, 0.1) is 12.8 Å². The lowest BCUT2D eigenvalue weighted by atomic mass is 10.1. The van der Waals surface area contributed by atoms with E-state index in [0.717, 1.165) is 35.3 Å².